The maximum atomic E-state index is 5.22. The molecular formula is C29H23N11. The Hall–Kier alpha value is -5.58. The van der Waals surface area contributed by atoms with Crippen molar-refractivity contribution in [3.05, 3.63) is 109 Å². The second kappa shape index (κ2) is 8.46. The number of aromatic amines is 2. The Bertz CT molecular complexity index is 1760. The third-order valence-electron chi connectivity index (χ3n) is 7.33. The van der Waals surface area contributed by atoms with Gasteiger partial charge in [0.05, 0.1) is 33.5 Å². The van der Waals surface area contributed by atoms with Crippen molar-refractivity contribution in [2.75, 3.05) is 10.6 Å². The van der Waals surface area contributed by atoms with Crippen molar-refractivity contribution in [2.24, 2.45) is 9.98 Å². The van der Waals surface area contributed by atoms with Gasteiger partial charge in [-0.1, -0.05) is 36.4 Å². The molecule has 0 spiro atoms. The molecular weight excluding hydrogens is 502 g/mol. The van der Waals surface area contributed by atoms with Crippen LogP contribution in [0.15, 0.2) is 107 Å². The fraction of sp³-hybridized carbons (Fsp3) is 0.103. The van der Waals surface area contributed by atoms with Crippen LogP contribution in [0.2, 0.25) is 0 Å². The quantitative estimate of drug-likeness (QED) is 0.231. The number of amidine groups is 1. The van der Waals surface area contributed by atoms with Crippen molar-refractivity contribution in [2.45, 2.75) is 17.6 Å². The molecule has 0 fully saturated rings. The molecule has 0 saturated heterocycles. The highest BCUT2D eigenvalue weighted by Gasteiger charge is 2.64. The molecule has 11 nitrogen and oxygen atoms in total. The number of para-hydroxylation sites is 4. The van der Waals surface area contributed by atoms with Gasteiger partial charge in [-0.2, -0.15) is 0 Å². The van der Waals surface area contributed by atoms with Crippen LogP contribution in [-0.4, -0.2) is 41.7 Å². The van der Waals surface area contributed by atoms with E-state index in [4.69, 9.17) is 24.9 Å². The third-order valence-corrected chi connectivity index (χ3v) is 7.33. The Morgan fingerprint density at radius 1 is 0.625 bits per heavy atom. The molecule has 5 N–H and O–H groups in total. The zero-order chi connectivity index (χ0) is 26.6. The van der Waals surface area contributed by atoms with Gasteiger partial charge in [-0.25, -0.2) is 20.0 Å². The number of nitrogens with zero attached hydrogens (tertiary/aromatic N) is 6. The summed E-state index contributed by atoms with van der Waals surface area (Å²) < 4.78 is 0. The van der Waals surface area contributed by atoms with E-state index in [0.29, 0.717) is 35.8 Å². The second-order valence-corrected chi connectivity index (χ2v) is 9.78. The lowest BCUT2D eigenvalue weighted by Crippen LogP contribution is -2.52. The zero-order valence-electron chi connectivity index (χ0n) is 21.1. The number of benzene rings is 2. The van der Waals surface area contributed by atoms with Gasteiger partial charge in [-0.15, -0.1) is 0 Å². The molecule has 0 radical (unpaired) electrons. The number of hydrogen-bond donors (Lipinski definition) is 5. The average molecular weight is 526 g/mol. The highest BCUT2D eigenvalue weighted by Crippen LogP contribution is 2.53. The molecule has 40 heavy (non-hydrogen) atoms. The van der Waals surface area contributed by atoms with Crippen LogP contribution in [0.3, 0.4) is 0 Å². The summed E-state index contributed by atoms with van der Waals surface area (Å²) >= 11 is 0. The molecule has 194 valence electrons. The summed E-state index contributed by atoms with van der Waals surface area (Å²) in [5.41, 5.74) is 3.06. The zero-order valence-corrected chi connectivity index (χ0v) is 21.1. The number of hydrogen-bond acceptors (Lipinski definition) is 9. The van der Waals surface area contributed by atoms with Crippen LogP contribution in [-0.2, 0) is 11.2 Å². The van der Waals surface area contributed by atoms with Gasteiger partial charge in [-0.3, -0.25) is 15.3 Å². The first-order valence-corrected chi connectivity index (χ1v) is 12.9. The van der Waals surface area contributed by atoms with Crippen LogP contribution < -0.4 is 16.0 Å². The van der Waals surface area contributed by atoms with Crippen molar-refractivity contribution in [1.82, 2.24) is 35.2 Å². The lowest BCUT2D eigenvalue weighted by atomic mass is 9.79. The molecule has 6 aromatic rings. The summed E-state index contributed by atoms with van der Waals surface area (Å²) in [5, 5.41) is 10.4. The van der Waals surface area contributed by atoms with Crippen LogP contribution in [0.1, 0.15) is 17.8 Å². The van der Waals surface area contributed by atoms with Crippen molar-refractivity contribution in [3.8, 4) is 0 Å². The molecule has 2 unspecified atom stereocenters. The van der Waals surface area contributed by atoms with Crippen LogP contribution in [0, 0.1) is 0 Å². The van der Waals surface area contributed by atoms with Crippen molar-refractivity contribution in [1.29, 1.82) is 0 Å². The van der Waals surface area contributed by atoms with Crippen LogP contribution >= 0.6 is 0 Å². The molecule has 0 saturated carbocycles. The van der Waals surface area contributed by atoms with Gasteiger partial charge in [-0.05, 0) is 48.5 Å². The lowest BCUT2D eigenvalue weighted by Gasteiger charge is -2.35. The minimum atomic E-state index is -1.15. The van der Waals surface area contributed by atoms with Gasteiger partial charge in [0, 0.05) is 18.8 Å². The topological polar surface area (TPSA) is 144 Å². The highest BCUT2D eigenvalue weighted by molar-refractivity contribution is 6.03. The Balaban J connectivity index is 1.26. The predicted octanol–water partition coefficient (Wildman–Crippen LogP) is 4.26. The van der Waals surface area contributed by atoms with Crippen molar-refractivity contribution < 1.29 is 0 Å². The average Bonchev–Trinajstić information content (AvgIpc) is 3.73. The molecule has 2 aliphatic rings. The van der Waals surface area contributed by atoms with Gasteiger partial charge in [0.2, 0.25) is 23.5 Å². The lowest BCUT2D eigenvalue weighted by molar-refractivity contribution is 0.249. The largest absolute Gasteiger partial charge is 0.340 e. The molecule has 0 bridgehead atoms. The molecule has 6 heterocycles. The Morgan fingerprint density at radius 3 is 1.85 bits per heavy atom. The number of rotatable bonds is 4. The predicted molar refractivity (Wildman–Crippen MR) is 154 cm³/mol. The maximum absolute atomic E-state index is 5.22. The number of aliphatic imine (C=N–C) groups is 2. The van der Waals surface area contributed by atoms with E-state index in [0.717, 1.165) is 27.8 Å². The first kappa shape index (κ1) is 22.4. The first-order chi connectivity index (χ1) is 19.7. The standard InChI is InChI=1S/C29H23N11/c1-2-10-19-18(9-1)32-25(33-19)36-24-17-28(22-13-5-7-15-30-22)29(38-24,23-14-6-8-16-31-23)40-27(39-28)37-26-34-20-11-3-4-12-21(20)35-26/h1-16H,17H2,(H2,32,33,36,38)(H3,34,35,37,39,40). The third kappa shape index (κ3) is 3.37. The maximum Gasteiger partial charge on any atom is 0.226 e. The smallest absolute Gasteiger partial charge is 0.226 e. The van der Waals surface area contributed by atoms with E-state index < -0.39 is 11.2 Å². The molecule has 2 aromatic carbocycles. The van der Waals surface area contributed by atoms with E-state index in [9.17, 15) is 0 Å². The molecule has 4 aromatic heterocycles. The van der Waals surface area contributed by atoms with Gasteiger partial charge >= 0.3 is 0 Å². The number of imidazole rings is 2. The Labute approximate surface area is 228 Å². The van der Waals surface area contributed by atoms with Crippen LogP contribution in [0.5, 0.6) is 0 Å². The number of nitrogens with one attached hydrogen (secondary N) is 5. The normalized spacial score (nSPS) is 21.6. The molecule has 2 atom stereocenters. The molecule has 2 aliphatic heterocycles. The summed E-state index contributed by atoms with van der Waals surface area (Å²) in [5.74, 6) is 2.40. The van der Waals surface area contributed by atoms with Gasteiger partial charge < -0.3 is 20.6 Å². The van der Waals surface area contributed by atoms with E-state index in [1.807, 2.05) is 84.9 Å². The number of guanidine groups is 1. The van der Waals surface area contributed by atoms with Gasteiger partial charge in [0.25, 0.3) is 0 Å². The number of pyridine rings is 2. The van der Waals surface area contributed by atoms with E-state index in [1.165, 1.54) is 0 Å². The Morgan fingerprint density at radius 2 is 1.23 bits per heavy atom. The fourth-order valence-corrected chi connectivity index (χ4v) is 5.60. The Kier molecular flexibility index (Phi) is 4.74. The highest BCUT2D eigenvalue weighted by atomic mass is 15.4. The van der Waals surface area contributed by atoms with Crippen LogP contribution in [0.25, 0.3) is 22.1 Å². The molecule has 0 aliphatic carbocycles. The molecule has 0 amide bonds. The summed E-state index contributed by atoms with van der Waals surface area (Å²) in [6.45, 7) is 0. The number of H-pyrrole nitrogens is 2. The summed E-state index contributed by atoms with van der Waals surface area (Å²) in [7, 11) is 0. The number of anilines is 2. The van der Waals surface area contributed by atoms with E-state index in [1.54, 1.807) is 12.4 Å². The minimum Gasteiger partial charge on any atom is -0.340 e. The summed E-state index contributed by atoms with van der Waals surface area (Å²) in [4.78, 5) is 35.9. The van der Waals surface area contributed by atoms with E-state index >= 15 is 0 Å². The van der Waals surface area contributed by atoms with Crippen molar-refractivity contribution in [3.63, 3.8) is 0 Å². The van der Waals surface area contributed by atoms with E-state index in [-0.39, 0.29) is 0 Å². The molecule has 11 heteroatoms. The van der Waals surface area contributed by atoms with E-state index in [2.05, 4.69) is 30.9 Å². The van der Waals surface area contributed by atoms with Crippen LogP contribution in [0.4, 0.5) is 11.9 Å². The number of aromatic nitrogens is 6. The monoisotopic (exact) mass is 525 g/mol. The minimum absolute atomic E-state index is 0.451. The van der Waals surface area contributed by atoms with Crippen molar-refractivity contribution >= 4 is 45.8 Å². The molecule has 8 rings (SSSR count). The van der Waals surface area contributed by atoms with Gasteiger partial charge in [0.1, 0.15) is 11.4 Å². The van der Waals surface area contributed by atoms with Gasteiger partial charge in [0.15, 0.2) is 0 Å². The fourth-order valence-electron chi connectivity index (χ4n) is 5.60. The summed E-state index contributed by atoms with van der Waals surface area (Å²) in [6.07, 6.45) is 3.99. The summed E-state index contributed by atoms with van der Waals surface area (Å²) in [6, 6.07) is 27.4. The first-order valence-electron chi connectivity index (χ1n) is 12.9. The SMILES string of the molecule is c1ccc(C23N=C(Nc4nc5ccccc5[nH]4)CC2(c2ccccn2)NC(Nc2nc4ccccc4[nH]2)=N3)nc1. The second-order valence-electron chi connectivity index (χ2n) is 9.78. The number of fused-ring (bicyclic) bond motifs is 3.